The molecule has 0 amide bonds. The quantitative estimate of drug-likeness (QED) is 0.509. The van der Waals surface area contributed by atoms with Crippen molar-refractivity contribution >= 4 is 23.5 Å². The van der Waals surface area contributed by atoms with Gasteiger partial charge in [-0.1, -0.05) is 60.7 Å². The van der Waals surface area contributed by atoms with E-state index in [1.807, 2.05) is 48.6 Å². The first kappa shape index (κ1) is 11.6. The molecule has 0 saturated carbocycles. The summed E-state index contributed by atoms with van der Waals surface area (Å²) in [6, 6.07) is 14.8. The molecule has 0 aliphatic heterocycles. The first-order valence-corrected chi connectivity index (χ1v) is 5.46. The molecule has 0 N–H and O–H groups in total. The molecule has 0 heterocycles. The molecule has 0 saturated heterocycles. The number of benzene rings is 2. The Bertz CT molecular complexity index is 610. The van der Waals surface area contributed by atoms with E-state index in [0.29, 0.717) is 11.4 Å². The minimum Gasteiger partial charge on any atom is -0.238 e. The predicted octanol–water partition coefficient (Wildman–Crippen LogP) is 4.96. The van der Waals surface area contributed by atoms with E-state index in [2.05, 4.69) is 9.69 Å². The van der Waals surface area contributed by atoms with Crippen molar-refractivity contribution < 1.29 is 0 Å². The monoisotopic (exact) mass is 230 g/mol. The second-order valence-electron chi connectivity index (χ2n) is 3.67. The van der Waals surface area contributed by atoms with Crippen molar-refractivity contribution in [1.29, 1.82) is 0 Å². The third-order valence-electron chi connectivity index (χ3n) is 2.56. The van der Waals surface area contributed by atoms with Gasteiger partial charge in [0.25, 0.3) is 0 Å². The number of para-hydroxylation sites is 2. The molecule has 2 aromatic carbocycles. The topological polar surface area (TPSA) is 8.72 Å². The fraction of sp³-hybridized carbons (Fsp3) is 0. The highest BCUT2D eigenvalue weighted by atomic mass is 14.6. The van der Waals surface area contributed by atoms with E-state index in [1.54, 1.807) is 12.1 Å². The van der Waals surface area contributed by atoms with Gasteiger partial charge in [0.15, 0.2) is 11.4 Å². The molecule has 0 fully saturated rings. The first-order valence-electron chi connectivity index (χ1n) is 5.46. The average Bonchev–Trinajstić information content (AvgIpc) is 2.45. The van der Waals surface area contributed by atoms with Crippen LogP contribution in [0, 0.1) is 13.1 Å². The molecule has 0 aliphatic rings. The Morgan fingerprint density at radius 1 is 0.667 bits per heavy atom. The van der Waals surface area contributed by atoms with Gasteiger partial charge in [0.05, 0.1) is 13.1 Å². The van der Waals surface area contributed by atoms with Gasteiger partial charge in [-0.3, -0.25) is 0 Å². The predicted molar refractivity (Wildman–Crippen MR) is 74.3 cm³/mol. The second kappa shape index (κ2) is 5.48. The molecule has 0 spiro atoms. The Morgan fingerprint density at radius 2 is 1.06 bits per heavy atom. The van der Waals surface area contributed by atoms with Crippen molar-refractivity contribution in [1.82, 2.24) is 0 Å². The highest BCUT2D eigenvalue weighted by Crippen LogP contribution is 2.24. The molecule has 0 unspecified atom stereocenters. The van der Waals surface area contributed by atoms with Crippen molar-refractivity contribution in [2.75, 3.05) is 0 Å². The highest BCUT2D eigenvalue weighted by Gasteiger charge is 1.98. The number of hydrogen-bond acceptors (Lipinski definition) is 0. The Labute approximate surface area is 106 Å². The van der Waals surface area contributed by atoms with Crippen LogP contribution in [0.2, 0.25) is 0 Å². The summed E-state index contributed by atoms with van der Waals surface area (Å²) < 4.78 is 0. The van der Waals surface area contributed by atoms with Crippen molar-refractivity contribution in [2.45, 2.75) is 0 Å². The van der Waals surface area contributed by atoms with E-state index in [0.717, 1.165) is 11.1 Å². The van der Waals surface area contributed by atoms with E-state index in [1.165, 1.54) is 0 Å². The summed E-state index contributed by atoms with van der Waals surface area (Å²) in [5.74, 6) is 0. The SMILES string of the molecule is [C-]#[N+]c1ccccc1C=Cc1ccccc1[N+]#[C-]. The van der Waals surface area contributed by atoms with Crippen LogP contribution in [0.1, 0.15) is 11.1 Å². The highest BCUT2D eigenvalue weighted by molar-refractivity contribution is 5.81. The zero-order chi connectivity index (χ0) is 12.8. The van der Waals surface area contributed by atoms with Gasteiger partial charge in [0.2, 0.25) is 0 Å². The Hall–Kier alpha value is -2.84. The lowest BCUT2D eigenvalue weighted by molar-refractivity contribution is 1.65. The van der Waals surface area contributed by atoms with Crippen molar-refractivity contribution in [3.63, 3.8) is 0 Å². The molecule has 2 aromatic rings. The Morgan fingerprint density at radius 3 is 1.44 bits per heavy atom. The van der Waals surface area contributed by atoms with E-state index in [-0.39, 0.29) is 0 Å². The minimum atomic E-state index is 0.619. The molecule has 0 radical (unpaired) electrons. The van der Waals surface area contributed by atoms with Gasteiger partial charge in [-0.25, -0.2) is 9.69 Å². The van der Waals surface area contributed by atoms with Gasteiger partial charge < -0.3 is 0 Å². The van der Waals surface area contributed by atoms with Crippen LogP contribution in [-0.4, -0.2) is 0 Å². The third kappa shape index (κ3) is 2.45. The van der Waals surface area contributed by atoms with Crippen LogP contribution in [0.5, 0.6) is 0 Å². The van der Waals surface area contributed by atoms with Gasteiger partial charge in [0, 0.05) is 0 Å². The second-order valence-corrected chi connectivity index (χ2v) is 3.67. The smallest absolute Gasteiger partial charge is 0.194 e. The lowest BCUT2D eigenvalue weighted by Crippen LogP contribution is -1.74. The molecule has 0 aromatic heterocycles. The fourth-order valence-corrected chi connectivity index (χ4v) is 1.64. The van der Waals surface area contributed by atoms with Gasteiger partial charge in [-0.2, -0.15) is 0 Å². The zero-order valence-electron chi connectivity index (χ0n) is 9.67. The normalized spacial score (nSPS) is 9.89. The number of rotatable bonds is 2. The summed E-state index contributed by atoms with van der Waals surface area (Å²) in [7, 11) is 0. The van der Waals surface area contributed by atoms with E-state index in [4.69, 9.17) is 13.1 Å². The van der Waals surface area contributed by atoms with Crippen molar-refractivity contribution in [3.05, 3.63) is 82.5 Å². The van der Waals surface area contributed by atoms with Gasteiger partial charge in [-0.05, 0) is 11.1 Å². The number of nitrogens with zero attached hydrogens (tertiary/aromatic N) is 2. The summed E-state index contributed by atoms with van der Waals surface area (Å²) in [5.41, 5.74) is 2.97. The zero-order valence-corrected chi connectivity index (χ0v) is 9.67. The summed E-state index contributed by atoms with van der Waals surface area (Å²) >= 11 is 0. The molecule has 2 rings (SSSR count). The molecule has 0 aliphatic carbocycles. The largest absolute Gasteiger partial charge is 0.238 e. The Kier molecular flexibility index (Phi) is 3.54. The molecule has 18 heavy (non-hydrogen) atoms. The van der Waals surface area contributed by atoms with Crippen LogP contribution in [0.4, 0.5) is 11.4 Å². The van der Waals surface area contributed by atoms with Crippen molar-refractivity contribution in [2.24, 2.45) is 0 Å². The summed E-state index contributed by atoms with van der Waals surface area (Å²) in [6.45, 7) is 14.2. The molecule has 0 atom stereocenters. The van der Waals surface area contributed by atoms with Crippen LogP contribution >= 0.6 is 0 Å². The van der Waals surface area contributed by atoms with Crippen LogP contribution in [-0.2, 0) is 0 Å². The van der Waals surface area contributed by atoms with Crippen molar-refractivity contribution in [3.8, 4) is 0 Å². The van der Waals surface area contributed by atoms with Crippen LogP contribution in [0.25, 0.3) is 21.8 Å². The van der Waals surface area contributed by atoms with Crippen LogP contribution in [0.15, 0.2) is 48.5 Å². The standard InChI is InChI=1S/C16H10N2/c1-17-15-9-5-3-7-13(15)11-12-14-8-4-6-10-16(14)18-2/h3-12H. The average molecular weight is 230 g/mol. The minimum absolute atomic E-state index is 0.619. The first-order chi connectivity index (χ1) is 8.85. The van der Waals surface area contributed by atoms with Crippen LogP contribution < -0.4 is 0 Å². The van der Waals surface area contributed by atoms with E-state index in [9.17, 15) is 0 Å². The van der Waals surface area contributed by atoms with E-state index >= 15 is 0 Å². The molecule has 2 nitrogen and oxygen atoms in total. The Balaban J connectivity index is 2.37. The van der Waals surface area contributed by atoms with Gasteiger partial charge in [0.1, 0.15) is 0 Å². The van der Waals surface area contributed by atoms with E-state index < -0.39 is 0 Å². The molecular weight excluding hydrogens is 220 g/mol. The molecule has 84 valence electrons. The maximum Gasteiger partial charge on any atom is 0.194 e. The maximum atomic E-state index is 7.09. The summed E-state index contributed by atoms with van der Waals surface area (Å²) in [5, 5.41) is 0. The number of hydrogen-bond donors (Lipinski definition) is 0. The fourth-order valence-electron chi connectivity index (χ4n) is 1.64. The molecule has 2 heteroatoms. The lowest BCUT2D eigenvalue weighted by Gasteiger charge is -1.98. The lowest BCUT2D eigenvalue weighted by atomic mass is 10.1. The third-order valence-corrected chi connectivity index (χ3v) is 2.56. The van der Waals surface area contributed by atoms with Crippen LogP contribution in [0.3, 0.4) is 0 Å². The summed E-state index contributed by atoms with van der Waals surface area (Å²) in [4.78, 5) is 6.93. The van der Waals surface area contributed by atoms with Gasteiger partial charge in [-0.15, -0.1) is 0 Å². The maximum absolute atomic E-state index is 7.09. The molecule has 0 bridgehead atoms. The van der Waals surface area contributed by atoms with Gasteiger partial charge >= 0.3 is 0 Å². The summed E-state index contributed by atoms with van der Waals surface area (Å²) in [6.07, 6.45) is 3.74. The molecular formula is C16H10N2.